The molecule has 8 nitrogen and oxygen atoms in total. The van der Waals surface area contributed by atoms with Gasteiger partial charge < -0.3 is 18.8 Å². The van der Waals surface area contributed by atoms with Gasteiger partial charge in [0, 0.05) is 30.2 Å². The lowest BCUT2D eigenvalue weighted by Gasteiger charge is -2.27. The van der Waals surface area contributed by atoms with Gasteiger partial charge in [0.05, 0.1) is 47.7 Å². The minimum Gasteiger partial charge on any atom is -0.473 e. The highest BCUT2D eigenvalue weighted by Crippen LogP contribution is 2.29. The number of hydrogen-bond donors (Lipinski definition) is 0. The van der Waals surface area contributed by atoms with Crippen molar-refractivity contribution in [3.63, 3.8) is 0 Å². The number of rotatable bonds is 10. The topological polar surface area (TPSA) is 99.3 Å². The van der Waals surface area contributed by atoms with Crippen LogP contribution in [-0.2, 0) is 29.0 Å². The first kappa shape index (κ1) is 29.8. The molecule has 228 valence electrons. The lowest BCUT2D eigenvalue weighted by atomic mass is 10.1. The Bertz CT molecular complexity index is 1950. The highest BCUT2D eigenvalue weighted by molar-refractivity contribution is 5.94. The molecule has 1 aliphatic rings. The molecule has 0 aliphatic carbocycles. The quantitative estimate of drug-likeness (QED) is 0.166. The predicted octanol–water partition coefficient (Wildman–Crippen LogP) is 6.52. The fourth-order valence-corrected chi connectivity index (χ4v) is 5.15. The monoisotopic (exact) mass is 612 g/mol. The summed E-state index contributed by atoms with van der Waals surface area (Å²) in [4.78, 5) is 21.4. The number of hydrogen-bond acceptors (Lipinski definition) is 7. The van der Waals surface area contributed by atoms with Gasteiger partial charge in [-0.1, -0.05) is 18.2 Å². The van der Waals surface area contributed by atoms with E-state index in [1.165, 1.54) is 24.3 Å². The Kier molecular flexibility index (Phi) is 8.49. The van der Waals surface area contributed by atoms with Crippen LogP contribution in [0.1, 0.15) is 46.2 Å². The average Bonchev–Trinajstić information content (AvgIpc) is 3.36. The molecule has 1 saturated heterocycles. The van der Waals surface area contributed by atoms with Crippen LogP contribution < -0.4 is 4.74 Å². The molecular formula is C34H27F3N4O4. The Hall–Kier alpha value is -5.21. The van der Waals surface area contributed by atoms with E-state index in [9.17, 15) is 9.18 Å². The number of carbonyl (C=O) groups excluding carboxylic acids is 1. The molecule has 3 heterocycles. The molecule has 1 aliphatic heterocycles. The smallest absolute Gasteiger partial charge is 0.341 e. The summed E-state index contributed by atoms with van der Waals surface area (Å²) in [6.07, 6.45) is 0.874. The molecule has 45 heavy (non-hydrogen) atoms. The molecule has 0 radical (unpaired) electrons. The van der Waals surface area contributed by atoms with Gasteiger partial charge in [-0.25, -0.2) is 27.9 Å². The maximum Gasteiger partial charge on any atom is 0.341 e. The van der Waals surface area contributed by atoms with E-state index in [2.05, 4.69) is 9.97 Å². The van der Waals surface area contributed by atoms with Crippen LogP contribution in [0.2, 0.25) is 0 Å². The SMILES string of the molecule is CCOC(=O)c1ccc2nc(Cc3ccc(-c4cccc(OCc5ccc(C#N)cc5F)n4)c(F)c3)n(C[C@@H]3CCO3)c2c1F. The number of esters is 1. The lowest BCUT2D eigenvalue weighted by Crippen LogP contribution is -2.32. The van der Waals surface area contributed by atoms with Crippen LogP contribution in [0.25, 0.3) is 22.3 Å². The standard InChI is InChI=1S/C34H27F3N4O4/c1-2-43-34(42)25-10-11-29-33(32(25)37)41(18-23-12-13-44-23)30(39-29)16-20-7-9-24(27(36)14-20)28-4-3-5-31(40-28)45-19-22-8-6-21(17-38)15-26(22)35/h3-11,14-15,23H,2,12-13,16,18-19H2,1H3/t23-/m0/s1. The molecule has 0 unspecified atom stereocenters. The second-order valence-electron chi connectivity index (χ2n) is 10.5. The Morgan fingerprint density at radius 1 is 1.07 bits per heavy atom. The summed E-state index contributed by atoms with van der Waals surface area (Å²) in [5.74, 6) is -1.90. The minimum absolute atomic E-state index is 0.115. The highest BCUT2D eigenvalue weighted by atomic mass is 19.1. The van der Waals surface area contributed by atoms with E-state index in [4.69, 9.17) is 19.5 Å². The zero-order valence-electron chi connectivity index (χ0n) is 24.2. The van der Waals surface area contributed by atoms with E-state index in [1.807, 2.05) is 6.07 Å². The van der Waals surface area contributed by atoms with Crippen LogP contribution in [0, 0.1) is 28.8 Å². The fourth-order valence-electron chi connectivity index (χ4n) is 5.15. The Labute approximate surface area is 256 Å². The van der Waals surface area contributed by atoms with Gasteiger partial charge in [-0.2, -0.15) is 5.26 Å². The summed E-state index contributed by atoms with van der Waals surface area (Å²) >= 11 is 0. The largest absolute Gasteiger partial charge is 0.473 e. The second-order valence-corrected chi connectivity index (χ2v) is 10.5. The molecule has 11 heteroatoms. The van der Waals surface area contributed by atoms with E-state index >= 15 is 8.78 Å². The van der Waals surface area contributed by atoms with Crippen molar-refractivity contribution in [3.8, 4) is 23.2 Å². The summed E-state index contributed by atoms with van der Waals surface area (Å²) in [6.45, 7) is 2.59. The van der Waals surface area contributed by atoms with Crippen molar-refractivity contribution in [2.24, 2.45) is 0 Å². The maximum atomic E-state index is 15.7. The number of ether oxygens (including phenoxy) is 3. The number of halogens is 3. The maximum absolute atomic E-state index is 15.7. The van der Waals surface area contributed by atoms with Crippen molar-refractivity contribution in [2.75, 3.05) is 13.2 Å². The third-order valence-corrected chi connectivity index (χ3v) is 7.55. The van der Waals surface area contributed by atoms with Crippen LogP contribution in [0.4, 0.5) is 13.2 Å². The van der Waals surface area contributed by atoms with Crippen molar-refractivity contribution in [1.29, 1.82) is 5.26 Å². The Morgan fingerprint density at radius 3 is 2.62 bits per heavy atom. The van der Waals surface area contributed by atoms with Crippen molar-refractivity contribution in [1.82, 2.24) is 14.5 Å². The van der Waals surface area contributed by atoms with Crippen LogP contribution >= 0.6 is 0 Å². The van der Waals surface area contributed by atoms with Crippen molar-refractivity contribution in [2.45, 2.75) is 39.0 Å². The third-order valence-electron chi connectivity index (χ3n) is 7.55. The first-order chi connectivity index (χ1) is 21.8. The van der Waals surface area contributed by atoms with Gasteiger partial charge in [-0.15, -0.1) is 0 Å². The average molecular weight is 613 g/mol. The molecule has 0 N–H and O–H groups in total. The highest BCUT2D eigenvalue weighted by Gasteiger charge is 2.26. The molecule has 0 amide bonds. The zero-order chi connectivity index (χ0) is 31.5. The molecular weight excluding hydrogens is 585 g/mol. The van der Waals surface area contributed by atoms with Crippen LogP contribution in [0.5, 0.6) is 5.88 Å². The molecule has 0 bridgehead atoms. The molecule has 5 aromatic rings. The molecule has 0 spiro atoms. The fraction of sp³-hybridized carbons (Fsp3) is 0.235. The number of imidazole rings is 1. The van der Waals surface area contributed by atoms with Crippen LogP contribution in [0.3, 0.4) is 0 Å². The van der Waals surface area contributed by atoms with E-state index in [-0.39, 0.29) is 59.4 Å². The van der Waals surface area contributed by atoms with Gasteiger partial charge in [-0.05, 0) is 61.4 Å². The van der Waals surface area contributed by atoms with Crippen LogP contribution in [0.15, 0.2) is 66.7 Å². The van der Waals surface area contributed by atoms with E-state index < -0.39 is 23.4 Å². The molecule has 2 aromatic heterocycles. The van der Waals surface area contributed by atoms with E-state index in [0.29, 0.717) is 35.8 Å². The van der Waals surface area contributed by atoms with Gasteiger partial charge in [-0.3, -0.25) is 0 Å². The minimum atomic E-state index is -0.756. The molecule has 6 rings (SSSR count). The summed E-state index contributed by atoms with van der Waals surface area (Å²) in [5.41, 5.74) is 1.97. The molecule has 1 atom stereocenters. The first-order valence-electron chi connectivity index (χ1n) is 14.4. The number of fused-ring (bicyclic) bond motifs is 1. The van der Waals surface area contributed by atoms with Crippen molar-refractivity contribution in [3.05, 3.63) is 112 Å². The van der Waals surface area contributed by atoms with Gasteiger partial charge in [0.2, 0.25) is 5.88 Å². The van der Waals surface area contributed by atoms with Gasteiger partial charge >= 0.3 is 5.97 Å². The zero-order valence-corrected chi connectivity index (χ0v) is 24.2. The Morgan fingerprint density at radius 2 is 1.91 bits per heavy atom. The van der Waals surface area contributed by atoms with Gasteiger partial charge in [0.25, 0.3) is 0 Å². The summed E-state index contributed by atoms with van der Waals surface area (Å²) in [5, 5.41) is 8.92. The number of pyridine rings is 1. The van der Waals surface area contributed by atoms with Crippen molar-refractivity contribution < 1.29 is 32.2 Å². The predicted molar refractivity (Wildman–Crippen MR) is 158 cm³/mol. The lowest BCUT2D eigenvalue weighted by molar-refractivity contribution is -0.0590. The summed E-state index contributed by atoms with van der Waals surface area (Å²) < 4.78 is 63.3. The van der Waals surface area contributed by atoms with Gasteiger partial charge in [0.15, 0.2) is 5.82 Å². The third kappa shape index (κ3) is 6.23. The van der Waals surface area contributed by atoms with E-state index in [1.54, 1.807) is 47.9 Å². The number of benzene rings is 3. The molecule has 3 aromatic carbocycles. The Balaban J connectivity index is 1.25. The number of nitriles is 1. The number of carbonyl (C=O) groups is 1. The normalized spacial score (nSPS) is 14.2. The van der Waals surface area contributed by atoms with Crippen LogP contribution in [-0.4, -0.2) is 39.8 Å². The number of aromatic nitrogens is 3. The van der Waals surface area contributed by atoms with E-state index in [0.717, 1.165) is 12.5 Å². The number of nitrogens with zero attached hydrogens (tertiary/aromatic N) is 4. The van der Waals surface area contributed by atoms with Gasteiger partial charge in [0.1, 0.15) is 29.6 Å². The van der Waals surface area contributed by atoms with Crippen molar-refractivity contribution >= 4 is 17.0 Å². The summed E-state index contributed by atoms with van der Waals surface area (Å²) in [7, 11) is 0. The molecule has 0 saturated carbocycles. The molecule has 1 fully saturated rings. The second kappa shape index (κ2) is 12.8. The summed E-state index contributed by atoms with van der Waals surface area (Å²) in [6, 6.07) is 18.5. The first-order valence-corrected chi connectivity index (χ1v) is 14.4.